The van der Waals surface area contributed by atoms with Crippen LogP contribution in [-0.4, -0.2) is 48.1 Å². The number of hydrogen-bond donors (Lipinski definition) is 1. The van der Waals surface area contributed by atoms with Gasteiger partial charge in [0.15, 0.2) is 0 Å². The van der Waals surface area contributed by atoms with Crippen molar-refractivity contribution in [2.24, 2.45) is 0 Å². The van der Waals surface area contributed by atoms with E-state index in [0.29, 0.717) is 12.1 Å². The molecule has 1 rings (SSSR count). The van der Waals surface area contributed by atoms with Gasteiger partial charge in [-0.05, 0) is 25.6 Å². The summed E-state index contributed by atoms with van der Waals surface area (Å²) in [6.07, 6.45) is 0.405. The molecule has 1 aromatic rings. The average Bonchev–Trinajstić information content (AvgIpc) is 2.45. The summed E-state index contributed by atoms with van der Waals surface area (Å²) >= 11 is 0. The minimum atomic E-state index is -0.959. The highest BCUT2D eigenvalue weighted by Crippen LogP contribution is 2.14. The molecule has 6 nitrogen and oxygen atoms in total. The molecule has 0 saturated carbocycles. The Labute approximate surface area is 124 Å². The average molecular weight is 289 g/mol. The molecular weight excluding hydrogens is 270 g/mol. The molecule has 112 valence electrons. The van der Waals surface area contributed by atoms with Crippen LogP contribution in [0.1, 0.15) is 13.3 Å². The molecule has 0 aliphatic carbocycles. The third-order valence-electron chi connectivity index (χ3n) is 3.19. The van der Waals surface area contributed by atoms with Crippen molar-refractivity contribution in [1.29, 1.82) is 5.26 Å². The summed E-state index contributed by atoms with van der Waals surface area (Å²) in [5, 5.41) is 18.0. The summed E-state index contributed by atoms with van der Waals surface area (Å²) in [6.45, 7) is 1.63. The van der Waals surface area contributed by atoms with Crippen LogP contribution >= 0.6 is 0 Å². The number of nitrogens with zero attached hydrogens (tertiary/aromatic N) is 3. The maximum Gasteiger partial charge on any atom is 0.320 e. The van der Waals surface area contributed by atoms with Crippen LogP contribution < -0.4 is 4.90 Å². The standard InChI is InChI=1S/C15H19N3O3/c1-3-13(15(20)21)17(2)11-14(19)18(10-9-16)12-7-5-4-6-8-12/h4-8,13H,3,10-11H2,1-2H3,(H,20,21). The van der Waals surface area contributed by atoms with Crippen molar-refractivity contribution in [3.63, 3.8) is 0 Å². The molecule has 0 aromatic heterocycles. The summed E-state index contributed by atoms with van der Waals surface area (Å²) in [5.41, 5.74) is 0.626. The first-order valence-corrected chi connectivity index (χ1v) is 6.66. The predicted octanol–water partition coefficient (Wildman–Crippen LogP) is 1.34. The number of carbonyl (C=O) groups is 2. The number of para-hydroxylation sites is 1. The van der Waals surface area contributed by atoms with Gasteiger partial charge in [-0.3, -0.25) is 19.4 Å². The quantitative estimate of drug-likeness (QED) is 0.766. The normalized spacial score (nSPS) is 11.7. The molecule has 1 unspecified atom stereocenters. The van der Waals surface area contributed by atoms with E-state index in [0.717, 1.165) is 0 Å². The molecule has 0 spiro atoms. The molecule has 21 heavy (non-hydrogen) atoms. The second kappa shape index (κ2) is 8.02. The van der Waals surface area contributed by atoms with Gasteiger partial charge >= 0.3 is 5.97 Å². The predicted molar refractivity (Wildman–Crippen MR) is 78.8 cm³/mol. The van der Waals surface area contributed by atoms with Gasteiger partial charge in [-0.2, -0.15) is 5.26 Å². The molecule has 0 fully saturated rings. The van der Waals surface area contributed by atoms with Gasteiger partial charge in [-0.15, -0.1) is 0 Å². The van der Waals surface area contributed by atoms with E-state index in [-0.39, 0.29) is 19.0 Å². The number of amides is 1. The minimum absolute atomic E-state index is 0.0542. The fraction of sp³-hybridized carbons (Fsp3) is 0.400. The van der Waals surface area contributed by atoms with E-state index in [4.69, 9.17) is 10.4 Å². The van der Waals surface area contributed by atoms with Gasteiger partial charge in [0.1, 0.15) is 12.6 Å². The van der Waals surface area contributed by atoms with Crippen molar-refractivity contribution in [3.05, 3.63) is 30.3 Å². The molecule has 6 heteroatoms. The highest BCUT2D eigenvalue weighted by Gasteiger charge is 2.24. The van der Waals surface area contributed by atoms with Crippen LogP contribution in [0.5, 0.6) is 0 Å². The van der Waals surface area contributed by atoms with Gasteiger partial charge < -0.3 is 5.11 Å². The lowest BCUT2D eigenvalue weighted by Gasteiger charge is -2.26. The molecule has 0 heterocycles. The Morgan fingerprint density at radius 3 is 2.43 bits per heavy atom. The highest BCUT2D eigenvalue weighted by atomic mass is 16.4. The Bertz CT molecular complexity index is 525. The number of carboxylic acid groups (broad SMARTS) is 1. The van der Waals surface area contributed by atoms with Crippen LogP contribution in [0, 0.1) is 11.3 Å². The number of benzene rings is 1. The summed E-state index contributed by atoms with van der Waals surface area (Å²) in [7, 11) is 1.59. The number of nitriles is 1. The van der Waals surface area contributed by atoms with Crippen molar-refractivity contribution >= 4 is 17.6 Å². The Morgan fingerprint density at radius 1 is 1.33 bits per heavy atom. The van der Waals surface area contributed by atoms with Gasteiger partial charge in [-0.25, -0.2) is 0 Å². The third-order valence-corrected chi connectivity index (χ3v) is 3.19. The molecule has 1 aromatic carbocycles. The lowest BCUT2D eigenvalue weighted by atomic mass is 10.2. The van der Waals surface area contributed by atoms with E-state index in [1.165, 1.54) is 9.80 Å². The molecular formula is C15H19N3O3. The number of aliphatic carboxylic acids is 1. The monoisotopic (exact) mass is 289 g/mol. The molecule has 1 N–H and O–H groups in total. The number of hydrogen-bond acceptors (Lipinski definition) is 4. The molecule has 1 atom stereocenters. The zero-order valence-corrected chi connectivity index (χ0v) is 12.2. The van der Waals surface area contributed by atoms with Gasteiger partial charge in [0.05, 0.1) is 12.6 Å². The second-order valence-electron chi connectivity index (χ2n) is 4.65. The van der Waals surface area contributed by atoms with Crippen molar-refractivity contribution in [1.82, 2.24) is 4.90 Å². The summed E-state index contributed by atoms with van der Waals surface area (Å²) < 4.78 is 0. The number of carboxylic acids is 1. The van der Waals surface area contributed by atoms with Crippen molar-refractivity contribution in [3.8, 4) is 6.07 Å². The van der Waals surface area contributed by atoms with E-state index in [1.54, 1.807) is 38.2 Å². The SMILES string of the molecule is CCC(C(=O)O)N(C)CC(=O)N(CC#N)c1ccccc1. The van der Waals surface area contributed by atoms with Crippen LogP contribution in [0.3, 0.4) is 0 Å². The van der Waals surface area contributed by atoms with Crippen molar-refractivity contribution in [2.45, 2.75) is 19.4 Å². The summed E-state index contributed by atoms with van der Waals surface area (Å²) in [5.74, 6) is -1.26. The van der Waals surface area contributed by atoms with Gasteiger partial charge in [-0.1, -0.05) is 25.1 Å². The number of anilines is 1. The lowest BCUT2D eigenvalue weighted by Crippen LogP contribution is -2.45. The summed E-state index contributed by atoms with van der Waals surface area (Å²) in [4.78, 5) is 26.3. The van der Waals surface area contributed by atoms with Crippen molar-refractivity contribution < 1.29 is 14.7 Å². The maximum atomic E-state index is 12.3. The van der Waals surface area contributed by atoms with Crippen LogP contribution in [0.25, 0.3) is 0 Å². The zero-order valence-electron chi connectivity index (χ0n) is 12.2. The Kier molecular flexibility index (Phi) is 6.37. The summed E-state index contributed by atoms with van der Waals surface area (Å²) in [6, 6.07) is 10.1. The fourth-order valence-electron chi connectivity index (χ4n) is 2.09. The Morgan fingerprint density at radius 2 is 1.95 bits per heavy atom. The van der Waals surface area contributed by atoms with Gasteiger partial charge in [0, 0.05) is 5.69 Å². The van der Waals surface area contributed by atoms with Gasteiger partial charge in [0.2, 0.25) is 5.91 Å². The Balaban J connectivity index is 2.83. The van der Waals surface area contributed by atoms with E-state index >= 15 is 0 Å². The molecule has 0 bridgehead atoms. The molecule has 0 aliphatic rings. The van der Waals surface area contributed by atoms with E-state index in [9.17, 15) is 9.59 Å². The molecule has 0 aliphatic heterocycles. The van der Waals surface area contributed by atoms with Crippen LogP contribution in [-0.2, 0) is 9.59 Å². The topological polar surface area (TPSA) is 84.6 Å². The smallest absolute Gasteiger partial charge is 0.320 e. The highest BCUT2D eigenvalue weighted by molar-refractivity contribution is 5.95. The lowest BCUT2D eigenvalue weighted by molar-refractivity contribution is -0.143. The second-order valence-corrected chi connectivity index (χ2v) is 4.65. The number of likely N-dealkylation sites (N-methyl/N-ethyl adjacent to an activating group) is 1. The van der Waals surface area contributed by atoms with Crippen LogP contribution in [0.2, 0.25) is 0 Å². The first kappa shape index (κ1) is 16.7. The van der Waals surface area contributed by atoms with Crippen LogP contribution in [0.15, 0.2) is 30.3 Å². The first-order valence-electron chi connectivity index (χ1n) is 6.66. The van der Waals surface area contributed by atoms with E-state index < -0.39 is 12.0 Å². The fourth-order valence-corrected chi connectivity index (χ4v) is 2.09. The first-order chi connectivity index (χ1) is 10.0. The molecule has 1 amide bonds. The molecule has 0 radical (unpaired) electrons. The van der Waals surface area contributed by atoms with E-state index in [2.05, 4.69) is 0 Å². The number of carbonyl (C=O) groups excluding carboxylic acids is 1. The largest absolute Gasteiger partial charge is 0.480 e. The Hall–Kier alpha value is -2.39. The minimum Gasteiger partial charge on any atom is -0.480 e. The van der Waals surface area contributed by atoms with Crippen molar-refractivity contribution in [2.75, 3.05) is 25.0 Å². The van der Waals surface area contributed by atoms with Gasteiger partial charge in [0.25, 0.3) is 0 Å². The maximum absolute atomic E-state index is 12.3. The number of rotatable bonds is 7. The van der Waals surface area contributed by atoms with E-state index in [1.807, 2.05) is 12.1 Å². The molecule has 0 saturated heterocycles. The third kappa shape index (κ3) is 4.58. The zero-order chi connectivity index (χ0) is 15.8. The van der Waals surface area contributed by atoms with Crippen LogP contribution in [0.4, 0.5) is 5.69 Å².